The molecule has 4 aromatic rings. The average molecular weight is 491 g/mol. The molecule has 6 rings (SSSR count). The standard InChI is InChI=1S/C27H23F2N3O4/c1-14-8-15(36-21-5-3-2-4-19(21)28)6-7-16(14)25(34)17-10-30-26-23(17)24(20(29)11-31-26)32-27-9-18(27)22(12-33)35-13-27/h2-8,10-11,18,22,33H,9,12-13H2,1H3,(H2,30,31,32)/t18?,22-,27+/m1/s1. The van der Waals surface area contributed by atoms with Crippen molar-refractivity contribution in [1.29, 1.82) is 0 Å². The molecule has 1 aliphatic carbocycles. The number of para-hydroxylation sites is 1. The normalized spacial score (nSPS) is 22.4. The van der Waals surface area contributed by atoms with Crippen LogP contribution in [-0.2, 0) is 4.74 Å². The number of nitrogens with zero attached hydrogens (tertiary/aromatic N) is 1. The Labute approximate surface area is 205 Å². The van der Waals surface area contributed by atoms with Crippen molar-refractivity contribution in [3.8, 4) is 11.5 Å². The first-order valence-corrected chi connectivity index (χ1v) is 11.6. The van der Waals surface area contributed by atoms with Gasteiger partial charge in [0.25, 0.3) is 0 Å². The summed E-state index contributed by atoms with van der Waals surface area (Å²) in [6.45, 7) is 2.02. The molecule has 9 heteroatoms. The Balaban J connectivity index is 1.33. The lowest BCUT2D eigenvalue weighted by molar-refractivity contribution is 0.0337. The fourth-order valence-electron chi connectivity index (χ4n) is 5.10. The maximum absolute atomic E-state index is 15.0. The highest BCUT2D eigenvalue weighted by Gasteiger charge is 2.63. The SMILES string of the molecule is Cc1cc(Oc2ccccc2F)ccc1C(=O)c1c[nH]c2ncc(F)c(N[C@@]34CO[C@H](CO)C3C4)c12. The van der Waals surface area contributed by atoms with Gasteiger partial charge in [0, 0.05) is 17.7 Å². The molecular formula is C27H23F2N3O4. The van der Waals surface area contributed by atoms with Gasteiger partial charge in [0.2, 0.25) is 0 Å². The minimum atomic E-state index is -0.575. The highest BCUT2D eigenvalue weighted by atomic mass is 19.1. The Morgan fingerprint density at radius 2 is 2.08 bits per heavy atom. The predicted molar refractivity (Wildman–Crippen MR) is 128 cm³/mol. The second-order valence-corrected chi connectivity index (χ2v) is 9.37. The van der Waals surface area contributed by atoms with Gasteiger partial charge in [0.15, 0.2) is 23.2 Å². The molecule has 3 N–H and O–H groups in total. The molecule has 3 heterocycles. The van der Waals surface area contributed by atoms with Gasteiger partial charge in [-0.3, -0.25) is 4.79 Å². The third-order valence-corrected chi connectivity index (χ3v) is 7.10. The summed E-state index contributed by atoms with van der Waals surface area (Å²) in [6, 6.07) is 10.9. The van der Waals surface area contributed by atoms with Crippen LogP contribution in [0.15, 0.2) is 54.9 Å². The van der Waals surface area contributed by atoms with Gasteiger partial charge in [-0.25, -0.2) is 13.8 Å². The molecule has 2 aromatic heterocycles. The largest absolute Gasteiger partial charge is 0.454 e. The topological polar surface area (TPSA) is 96.5 Å². The second kappa shape index (κ2) is 8.39. The van der Waals surface area contributed by atoms with E-state index in [1.54, 1.807) is 37.3 Å². The molecule has 2 fully saturated rings. The fourth-order valence-corrected chi connectivity index (χ4v) is 5.10. The number of hydrogen-bond acceptors (Lipinski definition) is 6. The van der Waals surface area contributed by atoms with Crippen LogP contribution in [-0.4, -0.2) is 45.7 Å². The number of nitrogens with one attached hydrogen (secondary N) is 2. The monoisotopic (exact) mass is 491 g/mol. The van der Waals surface area contributed by atoms with Crippen molar-refractivity contribution in [3.05, 3.63) is 83.2 Å². The van der Waals surface area contributed by atoms with Crippen molar-refractivity contribution in [2.45, 2.75) is 25.0 Å². The molecule has 0 radical (unpaired) electrons. The molecule has 36 heavy (non-hydrogen) atoms. The van der Waals surface area contributed by atoms with Gasteiger partial charge >= 0.3 is 0 Å². The number of hydrogen-bond donors (Lipinski definition) is 3. The van der Waals surface area contributed by atoms with Crippen LogP contribution in [0.1, 0.15) is 27.9 Å². The average Bonchev–Trinajstić information content (AvgIpc) is 3.23. The third kappa shape index (κ3) is 3.63. The summed E-state index contributed by atoms with van der Waals surface area (Å²) in [7, 11) is 0. The van der Waals surface area contributed by atoms with Crippen LogP contribution in [0.5, 0.6) is 11.5 Å². The van der Waals surface area contributed by atoms with Crippen LogP contribution in [0.25, 0.3) is 11.0 Å². The summed E-state index contributed by atoms with van der Waals surface area (Å²) in [6.07, 6.45) is 3.11. The van der Waals surface area contributed by atoms with Crippen LogP contribution in [0.3, 0.4) is 0 Å². The Morgan fingerprint density at radius 1 is 1.25 bits per heavy atom. The number of aromatic amines is 1. The van der Waals surface area contributed by atoms with Crippen LogP contribution >= 0.6 is 0 Å². The van der Waals surface area contributed by atoms with E-state index >= 15 is 4.39 Å². The first-order chi connectivity index (χ1) is 17.4. The number of carbonyl (C=O) groups excluding carboxylic acids is 1. The van der Waals surface area contributed by atoms with E-state index < -0.39 is 17.2 Å². The summed E-state index contributed by atoms with van der Waals surface area (Å²) in [4.78, 5) is 20.7. The number of H-pyrrole nitrogens is 1. The zero-order valence-electron chi connectivity index (χ0n) is 19.3. The van der Waals surface area contributed by atoms with E-state index in [9.17, 15) is 14.3 Å². The summed E-state index contributed by atoms with van der Waals surface area (Å²) >= 11 is 0. The molecule has 0 bridgehead atoms. The number of aliphatic hydroxyl groups is 1. The van der Waals surface area contributed by atoms with Crippen LogP contribution < -0.4 is 10.1 Å². The molecule has 1 saturated carbocycles. The first-order valence-electron chi connectivity index (χ1n) is 11.6. The van der Waals surface area contributed by atoms with Crippen LogP contribution in [0.2, 0.25) is 0 Å². The summed E-state index contributed by atoms with van der Waals surface area (Å²) < 4.78 is 40.3. The van der Waals surface area contributed by atoms with Crippen molar-refractivity contribution >= 4 is 22.5 Å². The molecule has 0 spiro atoms. The Morgan fingerprint density at radius 3 is 2.81 bits per heavy atom. The zero-order chi connectivity index (χ0) is 25.0. The molecule has 2 aliphatic rings. The highest BCUT2D eigenvalue weighted by molar-refractivity contribution is 6.19. The minimum Gasteiger partial charge on any atom is -0.454 e. The number of carbonyl (C=O) groups is 1. The first kappa shape index (κ1) is 22.6. The quantitative estimate of drug-likeness (QED) is 0.324. The van der Waals surface area contributed by atoms with Crippen molar-refractivity contribution in [1.82, 2.24) is 9.97 Å². The van der Waals surface area contributed by atoms with E-state index in [-0.39, 0.29) is 41.4 Å². The predicted octanol–water partition coefficient (Wildman–Crippen LogP) is 4.73. The van der Waals surface area contributed by atoms with Gasteiger partial charge in [-0.2, -0.15) is 0 Å². The number of ketones is 1. The van der Waals surface area contributed by atoms with Crippen LogP contribution in [0.4, 0.5) is 14.5 Å². The Kier molecular flexibility index (Phi) is 5.27. The van der Waals surface area contributed by atoms with E-state index in [0.29, 0.717) is 34.5 Å². The van der Waals surface area contributed by atoms with E-state index in [0.717, 1.165) is 12.6 Å². The summed E-state index contributed by atoms with van der Waals surface area (Å²) in [5.74, 6) is -0.823. The number of aryl methyl sites for hydroxylation is 1. The van der Waals surface area contributed by atoms with E-state index in [1.165, 1.54) is 18.3 Å². The number of halogens is 2. The number of benzene rings is 2. The lowest BCUT2D eigenvalue weighted by Gasteiger charge is -2.17. The van der Waals surface area contributed by atoms with E-state index in [1.807, 2.05) is 0 Å². The molecule has 0 amide bonds. The molecule has 3 atom stereocenters. The maximum Gasteiger partial charge on any atom is 0.195 e. The zero-order valence-corrected chi connectivity index (χ0v) is 19.3. The van der Waals surface area contributed by atoms with Gasteiger partial charge in [-0.05, 0) is 49.2 Å². The number of ether oxygens (including phenoxy) is 2. The maximum atomic E-state index is 15.0. The number of anilines is 1. The minimum absolute atomic E-state index is 0.0763. The molecular weight excluding hydrogens is 468 g/mol. The second-order valence-electron chi connectivity index (χ2n) is 9.37. The molecule has 7 nitrogen and oxygen atoms in total. The Bertz CT molecular complexity index is 1500. The van der Waals surface area contributed by atoms with Gasteiger partial charge in [0.1, 0.15) is 11.4 Å². The van der Waals surface area contributed by atoms with Crippen LogP contribution in [0, 0.1) is 24.5 Å². The number of fused-ring (bicyclic) bond motifs is 2. The molecule has 184 valence electrons. The smallest absolute Gasteiger partial charge is 0.195 e. The number of aromatic nitrogens is 2. The number of rotatable bonds is 7. The molecule has 2 aromatic carbocycles. The summed E-state index contributed by atoms with van der Waals surface area (Å²) in [5.41, 5.74) is 1.40. The van der Waals surface area contributed by atoms with Gasteiger partial charge in [0.05, 0.1) is 47.7 Å². The van der Waals surface area contributed by atoms with E-state index in [4.69, 9.17) is 9.47 Å². The van der Waals surface area contributed by atoms with Gasteiger partial charge in [-0.1, -0.05) is 12.1 Å². The van der Waals surface area contributed by atoms with Crippen molar-refractivity contribution < 1.29 is 28.2 Å². The number of pyridine rings is 1. The Hall–Kier alpha value is -3.82. The highest BCUT2D eigenvalue weighted by Crippen LogP contribution is 2.54. The molecule has 1 aliphatic heterocycles. The summed E-state index contributed by atoms with van der Waals surface area (Å²) in [5, 5.41) is 13.1. The third-order valence-electron chi connectivity index (χ3n) is 7.10. The fraction of sp³-hybridized carbons (Fsp3) is 0.259. The number of aliphatic hydroxyl groups excluding tert-OH is 1. The lowest BCUT2D eigenvalue weighted by Crippen LogP contribution is -2.26. The van der Waals surface area contributed by atoms with Crippen molar-refractivity contribution in [3.63, 3.8) is 0 Å². The lowest BCUT2D eigenvalue weighted by atomic mass is 9.98. The van der Waals surface area contributed by atoms with Crippen molar-refractivity contribution in [2.24, 2.45) is 5.92 Å². The molecule has 1 saturated heterocycles. The van der Waals surface area contributed by atoms with Crippen molar-refractivity contribution in [2.75, 3.05) is 18.5 Å². The molecule has 1 unspecified atom stereocenters. The van der Waals surface area contributed by atoms with Gasteiger partial charge in [-0.15, -0.1) is 0 Å². The van der Waals surface area contributed by atoms with E-state index in [2.05, 4.69) is 15.3 Å². The van der Waals surface area contributed by atoms with Gasteiger partial charge < -0.3 is 24.9 Å².